The number of benzene rings is 1. The Kier molecular flexibility index (Phi) is 6.64. The van der Waals surface area contributed by atoms with Crippen LogP contribution in [-0.2, 0) is 6.42 Å². The van der Waals surface area contributed by atoms with Crippen molar-refractivity contribution >= 4 is 0 Å². The Balaban J connectivity index is 1.73. The summed E-state index contributed by atoms with van der Waals surface area (Å²) in [6.07, 6.45) is 6.60. The van der Waals surface area contributed by atoms with E-state index in [-0.39, 0.29) is 6.04 Å². The van der Waals surface area contributed by atoms with E-state index in [1.165, 1.54) is 32.1 Å². The molecule has 1 aliphatic carbocycles. The van der Waals surface area contributed by atoms with Crippen LogP contribution in [0.5, 0.6) is 0 Å². The molecular weight excluding hydrogens is 262 g/mol. The lowest BCUT2D eigenvalue weighted by Gasteiger charge is -2.29. The van der Waals surface area contributed by atoms with Gasteiger partial charge in [0.25, 0.3) is 0 Å². The molecule has 0 heterocycles. The van der Waals surface area contributed by atoms with Crippen molar-refractivity contribution in [3.8, 4) is 0 Å². The molecule has 0 aromatic heterocycles. The van der Waals surface area contributed by atoms with Gasteiger partial charge in [0.15, 0.2) is 0 Å². The zero-order chi connectivity index (χ0) is 15.1. The van der Waals surface area contributed by atoms with Crippen LogP contribution in [0.2, 0.25) is 0 Å². The molecule has 0 saturated heterocycles. The molecule has 0 radical (unpaired) electrons. The molecule has 0 spiro atoms. The minimum atomic E-state index is -0.584. The standard InChI is InChI=1S/C17H29N3O/c18-16(11-14-7-3-1-4-8-14)17(21)13-20(19)12-15-9-5-2-6-10-15/h1,3-4,7-8,15-17,21H,2,5-6,9-13,18-19H2/t16-,17+/m0/s1. The smallest absolute Gasteiger partial charge is 0.0834 e. The Morgan fingerprint density at radius 2 is 1.81 bits per heavy atom. The fourth-order valence-corrected chi connectivity index (χ4v) is 3.17. The van der Waals surface area contributed by atoms with Gasteiger partial charge in [-0.1, -0.05) is 49.6 Å². The molecule has 1 fully saturated rings. The first-order chi connectivity index (χ1) is 10.1. The molecule has 1 saturated carbocycles. The van der Waals surface area contributed by atoms with E-state index in [2.05, 4.69) is 0 Å². The number of nitrogens with two attached hydrogens (primary N) is 2. The summed E-state index contributed by atoms with van der Waals surface area (Å²) >= 11 is 0. The fourth-order valence-electron chi connectivity index (χ4n) is 3.17. The molecule has 2 rings (SSSR count). The lowest BCUT2D eigenvalue weighted by Crippen LogP contribution is -2.48. The van der Waals surface area contributed by atoms with Crippen LogP contribution in [0.15, 0.2) is 30.3 Å². The number of nitrogens with zero attached hydrogens (tertiary/aromatic N) is 1. The van der Waals surface area contributed by atoms with Gasteiger partial charge in [0, 0.05) is 19.1 Å². The Morgan fingerprint density at radius 1 is 1.14 bits per heavy atom. The zero-order valence-electron chi connectivity index (χ0n) is 12.8. The van der Waals surface area contributed by atoms with Crippen molar-refractivity contribution in [2.45, 2.75) is 50.7 Å². The van der Waals surface area contributed by atoms with E-state index >= 15 is 0 Å². The molecule has 4 nitrogen and oxygen atoms in total. The minimum absolute atomic E-state index is 0.273. The molecule has 21 heavy (non-hydrogen) atoms. The molecule has 1 aromatic rings. The SMILES string of the molecule is N[C@@H](Cc1ccccc1)[C@H](O)CN(N)CC1CCCCC1. The topological polar surface area (TPSA) is 75.5 Å². The van der Waals surface area contributed by atoms with E-state index in [1.54, 1.807) is 5.01 Å². The predicted octanol–water partition coefficient (Wildman–Crippen LogP) is 1.67. The highest BCUT2D eigenvalue weighted by atomic mass is 16.3. The van der Waals surface area contributed by atoms with E-state index in [0.29, 0.717) is 18.9 Å². The van der Waals surface area contributed by atoms with Crippen molar-refractivity contribution in [3.63, 3.8) is 0 Å². The van der Waals surface area contributed by atoms with Gasteiger partial charge in [0.1, 0.15) is 0 Å². The number of hydrazine groups is 1. The van der Waals surface area contributed by atoms with Gasteiger partial charge >= 0.3 is 0 Å². The predicted molar refractivity (Wildman–Crippen MR) is 86.5 cm³/mol. The molecule has 0 unspecified atom stereocenters. The summed E-state index contributed by atoms with van der Waals surface area (Å²) in [7, 11) is 0. The number of hydrogen-bond acceptors (Lipinski definition) is 4. The van der Waals surface area contributed by atoms with Crippen LogP contribution in [-0.4, -0.2) is 35.4 Å². The lowest BCUT2D eigenvalue weighted by atomic mass is 9.89. The van der Waals surface area contributed by atoms with Gasteiger partial charge in [-0.3, -0.25) is 5.84 Å². The Hall–Kier alpha value is -0.940. The Labute approximate surface area is 128 Å². The van der Waals surface area contributed by atoms with Crippen LogP contribution in [0.1, 0.15) is 37.7 Å². The molecule has 5 N–H and O–H groups in total. The number of aliphatic hydroxyl groups is 1. The molecular formula is C17H29N3O. The van der Waals surface area contributed by atoms with E-state index in [9.17, 15) is 5.11 Å². The Bertz CT molecular complexity index is 392. The first kappa shape index (κ1) is 16.4. The number of aliphatic hydroxyl groups excluding tert-OH is 1. The summed E-state index contributed by atoms with van der Waals surface area (Å²) in [4.78, 5) is 0. The fraction of sp³-hybridized carbons (Fsp3) is 0.647. The maximum absolute atomic E-state index is 10.2. The quantitative estimate of drug-likeness (QED) is 0.528. The van der Waals surface area contributed by atoms with Gasteiger partial charge in [0.2, 0.25) is 0 Å². The van der Waals surface area contributed by atoms with Gasteiger partial charge in [-0.2, -0.15) is 0 Å². The highest BCUT2D eigenvalue weighted by Crippen LogP contribution is 2.23. The summed E-state index contributed by atoms with van der Waals surface area (Å²) in [5.41, 5.74) is 7.25. The van der Waals surface area contributed by atoms with Gasteiger partial charge in [-0.15, -0.1) is 0 Å². The van der Waals surface area contributed by atoms with E-state index in [4.69, 9.17) is 11.6 Å². The molecule has 2 atom stereocenters. The van der Waals surface area contributed by atoms with E-state index in [1.807, 2.05) is 30.3 Å². The average Bonchev–Trinajstić information content (AvgIpc) is 2.49. The third-order valence-electron chi connectivity index (χ3n) is 4.45. The summed E-state index contributed by atoms with van der Waals surface area (Å²) in [6.45, 7) is 1.32. The molecule has 1 aliphatic rings. The monoisotopic (exact) mass is 291 g/mol. The van der Waals surface area contributed by atoms with Gasteiger partial charge in [-0.05, 0) is 30.7 Å². The summed E-state index contributed by atoms with van der Waals surface area (Å²) in [5, 5.41) is 12.0. The third kappa shape index (κ3) is 5.75. The van der Waals surface area contributed by atoms with Crippen LogP contribution >= 0.6 is 0 Å². The summed E-state index contributed by atoms with van der Waals surface area (Å²) < 4.78 is 0. The van der Waals surface area contributed by atoms with Crippen molar-refractivity contribution in [2.75, 3.05) is 13.1 Å². The first-order valence-electron chi connectivity index (χ1n) is 8.12. The molecule has 1 aromatic carbocycles. The van der Waals surface area contributed by atoms with Crippen molar-refractivity contribution in [2.24, 2.45) is 17.5 Å². The normalized spacial score (nSPS) is 19.6. The maximum Gasteiger partial charge on any atom is 0.0834 e. The van der Waals surface area contributed by atoms with Gasteiger partial charge < -0.3 is 10.8 Å². The van der Waals surface area contributed by atoms with Crippen molar-refractivity contribution in [3.05, 3.63) is 35.9 Å². The van der Waals surface area contributed by atoms with Crippen LogP contribution in [0.3, 0.4) is 0 Å². The number of hydrogen-bond donors (Lipinski definition) is 3. The molecule has 4 heteroatoms. The van der Waals surface area contributed by atoms with Crippen molar-refractivity contribution < 1.29 is 5.11 Å². The lowest BCUT2D eigenvalue weighted by molar-refractivity contribution is 0.0792. The van der Waals surface area contributed by atoms with Crippen LogP contribution in [0, 0.1) is 5.92 Å². The first-order valence-corrected chi connectivity index (χ1v) is 8.12. The maximum atomic E-state index is 10.2. The molecule has 0 aliphatic heterocycles. The molecule has 0 bridgehead atoms. The van der Waals surface area contributed by atoms with Gasteiger partial charge in [-0.25, -0.2) is 5.01 Å². The van der Waals surface area contributed by atoms with Crippen LogP contribution in [0.4, 0.5) is 0 Å². The Morgan fingerprint density at radius 3 is 2.48 bits per heavy atom. The highest BCUT2D eigenvalue weighted by molar-refractivity contribution is 5.16. The summed E-state index contributed by atoms with van der Waals surface area (Å²) in [6, 6.07) is 9.77. The zero-order valence-corrected chi connectivity index (χ0v) is 12.8. The molecule has 118 valence electrons. The highest BCUT2D eigenvalue weighted by Gasteiger charge is 2.20. The van der Waals surface area contributed by atoms with E-state index in [0.717, 1.165) is 12.1 Å². The largest absolute Gasteiger partial charge is 0.390 e. The summed E-state index contributed by atoms with van der Waals surface area (Å²) in [5.74, 6) is 6.74. The van der Waals surface area contributed by atoms with Crippen LogP contribution < -0.4 is 11.6 Å². The minimum Gasteiger partial charge on any atom is -0.390 e. The second-order valence-electron chi connectivity index (χ2n) is 6.38. The average molecular weight is 291 g/mol. The van der Waals surface area contributed by atoms with Gasteiger partial charge in [0.05, 0.1) is 6.10 Å². The second kappa shape index (κ2) is 8.49. The van der Waals surface area contributed by atoms with Crippen molar-refractivity contribution in [1.29, 1.82) is 0 Å². The third-order valence-corrected chi connectivity index (χ3v) is 4.45. The van der Waals surface area contributed by atoms with Crippen LogP contribution in [0.25, 0.3) is 0 Å². The molecule has 0 amide bonds. The number of rotatable bonds is 7. The van der Waals surface area contributed by atoms with Crippen molar-refractivity contribution in [1.82, 2.24) is 5.01 Å². The second-order valence-corrected chi connectivity index (χ2v) is 6.38. The van der Waals surface area contributed by atoms with E-state index < -0.39 is 6.10 Å².